The molecule has 0 unspecified atom stereocenters. The van der Waals surface area contributed by atoms with E-state index in [2.05, 4.69) is 31.6 Å². The van der Waals surface area contributed by atoms with Gasteiger partial charge in [-0.3, -0.25) is 9.62 Å². The molecule has 2 aromatic rings. The molecule has 6 nitrogen and oxygen atoms in total. The molecule has 28 heavy (non-hydrogen) atoms. The van der Waals surface area contributed by atoms with Gasteiger partial charge < -0.3 is 4.90 Å². The molecular weight excluding hydrogens is 372 g/mol. The van der Waals surface area contributed by atoms with Gasteiger partial charge in [0, 0.05) is 49.7 Å². The minimum atomic E-state index is -3.25. The second-order valence-corrected chi connectivity index (χ2v) is 9.57. The van der Waals surface area contributed by atoms with Crippen molar-refractivity contribution in [1.82, 2.24) is 9.88 Å². The van der Waals surface area contributed by atoms with Crippen LogP contribution in [-0.2, 0) is 10.0 Å². The molecule has 0 atom stereocenters. The van der Waals surface area contributed by atoms with E-state index in [1.165, 1.54) is 25.7 Å². The Bertz CT molecular complexity index is 883. The van der Waals surface area contributed by atoms with Gasteiger partial charge >= 0.3 is 0 Å². The zero-order valence-electron chi connectivity index (χ0n) is 16.3. The maximum atomic E-state index is 11.3. The van der Waals surface area contributed by atoms with Crippen LogP contribution in [0.2, 0.25) is 0 Å². The van der Waals surface area contributed by atoms with Gasteiger partial charge in [-0.15, -0.1) is 0 Å². The Balaban J connectivity index is 1.37. The van der Waals surface area contributed by atoms with Crippen LogP contribution in [0.4, 0.5) is 11.5 Å². The second kappa shape index (κ2) is 8.09. The molecule has 1 aromatic carbocycles. The first kappa shape index (κ1) is 19.2. The Morgan fingerprint density at radius 2 is 1.57 bits per heavy atom. The predicted molar refractivity (Wildman–Crippen MR) is 114 cm³/mol. The number of hydrogen-bond donors (Lipinski definition) is 1. The normalized spacial score (nSPS) is 19.1. The third-order valence-corrected chi connectivity index (χ3v) is 6.36. The Hall–Kier alpha value is -2.12. The summed E-state index contributed by atoms with van der Waals surface area (Å²) in [6.45, 7) is 4.33. The van der Waals surface area contributed by atoms with Crippen molar-refractivity contribution < 1.29 is 8.42 Å². The molecule has 2 fully saturated rings. The number of sulfonamides is 1. The highest BCUT2D eigenvalue weighted by Gasteiger charge is 2.26. The van der Waals surface area contributed by atoms with E-state index in [0.717, 1.165) is 55.4 Å². The molecule has 2 aliphatic rings. The van der Waals surface area contributed by atoms with Crippen molar-refractivity contribution in [3.63, 3.8) is 0 Å². The van der Waals surface area contributed by atoms with Gasteiger partial charge in [-0.2, -0.15) is 0 Å². The van der Waals surface area contributed by atoms with E-state index in [0.29, 0.717) is 5.69 Å². The van der Waals surface area contributed by atoms with E-state index in [1.54, 1.807) is 12.1 Å². The van der Waals surface area contributed by atoms with E-state index >= 15 is 0 Å². The van der Waals surface area contributed by atoms with Crippen molar-refractivity contribution in [1.29, 1.82) is 0 Å². The minimum Gasteiger partial charge on any atom is -0.354 e. The summed E-state index contributed by atoms with van der Waals surface area (Å²) < 4.78 is 25.1. The van der Waals surface area contributed by atoms with Crippen LogP contribution in [0.1, 0.15) is 25.7 Å². The van der Waals surface area contributed by atoms with E-state index in [4.69, 9.17) is 0 Å². The van der Waals surface area contributed by atoms with Gasteiger partial charge in [0.2, 0.25) is 10.0 Å². The van der Waals surface area contributed by atoms with Crippen molar-refractivity contribution in [2.45, 2.75) is 31.7 Å². The quantitative estimate of drug-likeness (QED) is 0.835. The SMILES string of the molecule is CS(=O)(=O)Nc1ccc(-c2ccc(N3CCN(C4CCCC4)CC3)nc2)cc1. The van der Waals surface area contributed by atoms with Gasteiger partial charge in [-0.25, -0.2) is 13.4 Å². The lowest BCUT2D eigenvalue weighted by Crippen LogP contribution is -2.49. The number of pyridine rings is 1. The molecular formula is C21H28N4O2S. The molecule has 2 heterocycles. The highest BCUT2D eigenvalue weighted by molar-refractivity contribution is 7.92. The van der Waals surface area contributed by atoms with Crippen LogP contribution in [0.3, 0.4) is 0 Å². The summed E-state index contributed by atoms with van der Waals surface area (Å²) in [6.07, 6.45) is 8.56. The van der Waals surface area contributed by atoms with E-state index < -0.39 is 10.0 Å². The lowest BCUT2D eigenvalue weighted by Gasteiger charge is -2.38. The second-order valence-electron chi connectivity index (χ2n) is 7.82. The molecule has 0 bridgehead atoms. The topological polar surface area (TPSA) is 65.5 Å². The molecule has 0 amide bonds. The molecule has 0 radical (unpaired) electrons. The molecule has 150 valence electrons. The van der Waals surface area contributed by atoms with Crippen LogP contribution in [0, 0.1) is 0 Å². The first-order valence-corrected chi connectivity index (χ1v) is 11.9. The maximum Gasteiger partial charge on any atom is 0.229 e. The first-order chi connectivity index (χ1) is 13.5. The number of nitrogens with zero attached hydrogens (tertiary/aromatic N) is 3. The zero-order chi connectivity index (χ0) is 19.6. The number of anilines is 2. The van der Waals surface area contributed by atoms with Crippen molar-refractivity contribution in [3.8, 4) is 11.1 Å². The van der Waals surface area contributed by atoms with Gasteiger partial charge in [-0.1, -0.05) is 25.0 Å². The van der Waals surface area contributed by atoms with Gasteiger partial charge in [0.05, 0.1) is 6.26 Å². The Morgan fingerprint density at radius 3 is 2.14 bits per heavy atom. The van der Waals surface area contributed by atoms with Gasteiger partial charge in [-0.05, 0) is 42.7 Å². The van der Waals surface area contributed by atoms with Gasteiger partial charge in [0.15, 0.2) is 0 Å². The van der Waals surface area contributed by atoms with Crippen LogP contribution in [-0.4, -0.2) is 56.8 Å². The fraction of sp³-hybridized carbons (Fsp3) is 0.476. The van der Waals surface area contributed by atoms with Crippen molar-refractivity contribution in [3.05, 3.63) is 42.6 Å². The molecule has 1 N–H and O–H groups in total. The monoisotopic (exact) mass is 400 g/mol. The molecule has 7 heteroatoms. The summed E-state index contributed by atoms with van der Waals surface area (Å²) in [5.41, 5.74) is 2.61. The van der Waals surface area contributed by atoms with E-state index in [9.17, 15) is 8.42 Å². The van der Waals surface area contributed by atoms with Crippen molar-refractivity contribution >= 4 is 21.5 Å². The van der Waals surface area contributed by atoms with E-state index in [1.807, 2.05) is 18.3 Å². The summed E-state index contributed by atoms with van der Waals surface area (Å²) >= 11 is 0. The summed E-state index contributed by atoms with van der Waals surface area (Å²) in [6, 6.07) is 12.3. The highest BCUT2D eigenvalue weighted by atomic mass is 32.2. The van der Waals surface area contributed by atoms with E-state index in [-0.39, 0.29) is 0 Å². The van der Waals surface area contributed by atoms with Gasteiger partial charge in [0.1, 0.15) is 5.82 Å². The highest BCUT2D eigenvalue weighted by Crippen LogP contribution is 2.26. The fourth-order valence-corrected chi connectivity index (χ4v) is 4.84. The molecule has 1 aromatic heterocycles. The number of aromatic nitrogens is 1. The predicted octanol–water partition coefficient (Wildman–Crippen LogP) is 3.18. The van der Waals surface area contributed by atoms with Crippen molar-refractivity contribution in [2.75, 3.05) is 42.1 Å². The largest absolute Gasteiger partial charge is 0.354 e. The molecule has 1 aliphatic carbocycles. The number of rotatable bonds is 5. The van der Waals surface area contributed by atoms with Crippen LogP contribution >= 0.6 is 0 Å². The van der Waals surface area contributed by atoms with Crippen LogP contribution in [0.25, 0.3) is 11.1 Å². The lowest BCUT2D eigenvalue weighted by atomic mass is 10.1. The third kappa shape index (κ3) is 4.64. The fourth-order valence-electron chi connectivity index (χ4n) is 4.27. The lowest BCUT2D eigenvalue weighted by molar-refractivity contribution is 0.187. The third-order valence-electron chi connectivity index (χ3n) is 5.75. The zero-order valence-corrected chi connectivity index (χ0v) is 17.2. The number of benzene rings is 1. The summed E-state index contributed by atoms with van der Waals surface area (Å²) in [7, 11) is -3.25. The molecule has 1 aliphatic heterocycles. The number of piperazine rings is 1. The molecule has 1 saturated carbocycles. The van der Waals surface area contributed by atoms with Gasteiger partial charge in [0.25, 0.3) is 0 Å². The Kier molecular flexibility index (Phi) is 5.55. The maximum absolute atomic E-state index is 11.3. The molecule has 0 spiro atoms. The number of hydrogen-bond acceptors (Lipinski definition) is 5. The van der Waals surface area contributed by atoms with Crippen molar-refractivity contribution in [2.24, 2.45) is 0 Å². The number of nitrogens with one attached hydrogen (secondary N) is 1. The average molecular weight is 401 g/mol. The minimum absolute atomic E-state index is 0.566. The first-order valence-electron chi connectivity index (χ1n) is 10.0. The summed E-state index contributed by atoms with van der Waals surface area (Å²) in [4.78, 5) is 9.71. The standard InChI is InChI=1S/C21H28N4O2S/c1-28(26,27)23-19-9-6-17(7-10-19)18-8-11-21(22-16-18)25-14-12-24(13-15-25)20-4-2-3-5-20/h6-11,16,20,23H,2-5,12-15H2,1H3. The van der Waals surface area contributed by atoms with Crippen LogP contribution in [0.15, 0.2) is 42.6 Å². The summed E-state index contributed by atoms with van der Waals surface area (Å²) in [5.74, 6) is 1.03. The Morgan fingerprint density at radius 1 is 0.929 bits per heavy atom. The molecule has 4 rings (SSSR count). The smallest absolute Gasteiger partial charge is 0.229 e. The Labute approximate surface area is 167 Å². The average Bonchev–Trinajstić information content (AvgIpc) is 3.23. The molecule has 1 saturated heterocycles. The van der Waals surface area contributed by atoms with Crippen LogP contribution < -0.4 is 9.62 Å². The van der Waals surface area contributed by atoms with Crippen LogP contribution in [0.5, 0.6) is 0 Å². The summed E-state index contributed by atoms with van der Waals surface area (Å²) in [5, 5.41) is 0.